The number of aliphatic hydroxyl groups is 1. The summed E-state index contributed by atoms with van der Waals surface area (Å²) in [6, 6.07) is 5.79. The molecule has 1 aromatic rings. The zero-order valence-electron chi connectivity index (χ0n) is 27.2. The third kappa shape index (κ3) is 5.58. The highest BCUT2D eigenvalue weighted by Crippen LogP contribution is 2.65. The predicted molar refractivity (Wildman–Crippen MR) is 171 cm³/mol. The van der Waals surface area contributed by atoms with Gasteiger partial charge in [0.2, 0.25) is 17.7 Å². The number of rotatable bonds is 16. The Morgan fingerprint density at radius 1 is 1.11 bits per heavy atom. The van der Waals surface area contributed by atoms with Gasteiger partial charge in [-0.3, -0.25) is 14.4 Å². The largest absolute Gasteiger partial charge is 0.494 e. The van der Waals surface area contributed by atoms with Crippen LogP contribution in [0.5, 0.6) is 5.75 Å². The van der Waals surface area contributed by atoms with E-state index in [1.807, 2.05) is 52.0 Å². The molecular weight excluding hydrogens is 558 g/mol. The third-order valence-corrected chi connectivity index (χ3v) is 9.91. The second kappa shape index (κ2) is 13.9. The molecule has 9 heteroatoms. The Kier molecular flexibility index (Phi) is 10.6. The van der Waals surface area contributed by atoms with Gasteiger partial charge in [-0.25, -0.2) is 0 Å². The number of anilines is 1. The Bertz CT molecular complexity index is 1220. The Hall–Kier alpha value is -3.17. The molecular formula is C35H51N3O6. The van der Waals surface area contributed by atoms with E-state index < -0.39 is 35.1 Å². The molecule has 0 radical (unpaired) electrons. The van der Waals surface area contributed by atoms with Crippen molar-refractivity contribution in [1.29, 1.82) is 0 Å². The maximum Gasteiger partial charge on any atom is 0.248 e. The first-order valence-electron chi connectivity index (χ1n) is 16.3. The summed E-state index contributed by atoms with van der Waals surface area (Å²) in [6.45, 7) is 19.0. The topological polar surface area (TPSA) is 99.6 Å². The van der Waals surface area contributed by atoms with Crippen molar-refractivity contribution in [1.82, 2.24) is 9.80 Å². The molecule has 6 atom stereocenters. The summed E-state index contributed by atoms with van der Waals surface area (Å²) in [7, 11) is 0. The maximum absolute atomic E-state index is 14.8. The highest BCUT2D eigenvalue weighted by molar-refractivity contribution is 6.03. The number of carbonyl (C=O) groups excluding carboxylic acids is 3. The first kappa shape index (κ1) is 33.7. The molecule has 3 aliphatic heterocycles. The first-order valence-corrected chi connectivity index (χ1v) is 16.3. The van der Waals surface area contributed by atoms with Crippen LogP contribution >= 0.6 is 0 Å². The summed E-state index contributed by atoms with van der Waals surface area (Å²) in [6.07, 6.45) is 6.67. The molecule has 3 heterocycles. The maximum atomic E-state index is 14.8. The molecule has 3 fully saturated rings. The number of carbonyl (C=O) groups is 3. The monoisotopic (exact) mass is 609 g/mol. The van der Waals surface area contributed by atoms with Crippen LogP contribution in [0, 0.1) is 17.8 Å². The van der Waals surface area contributed by atoms with Crippen LogP contribution < -0.4 is 9.64 Å². The SMILES string of the molecule is C=CCN(CCCC)C(=O)C1N([C@@H](CO)C(C)C)C(=O)[C@@H]2[C@H](C(=O)N(CC=C)c3ccc(OCC)cc3)[C@]3(CC)CCC12O3. The fraction of sp³-hybridized carbons (Fsp3) is 0.629. The molecule has 3 aliphatic rings. The van der Waals surface area contributed by atoms with Crippen molar-refractivity contribution in [2.45, 2.75) is 90.0 Å². The second-order valence-electron chi connectivity index (χ2n) is 12.7. The van der Waals surface area contributed by atoms with Crippen LogP contribution in [0.2, 0.25) is 0 Å². The van der Waals surface area contributed by atoms with E-state index in [0.717, 1.165) is 12.8 Å². The number of unbranched alkanes of at least 4 members (excludes halogenated alkanes) is 1. The zero-order valence-corrected chi connectivity index (χ0v) is 27.2. The Balaban J connectivity index is 1.83. The van der Waals surface area contributed by atoms with Gasteiger partial charge in [0.15, 0.2) is 0 Å². The Labute approximate surface area is 262 Å². The van der Waals surface area contributed by atoms with E-state index in [1.165, 1.54) is 0 Å². The molecule has 1 spiro atoms. The number of amides is 3. The summed E-state index contributed by atoms with van der Waals surface area (Å²) in [5.41, 5.74) is -1.38. The minimum absolute atomic E-state index is 0.120. The van der Waals surface area contributed by atoms with Gasteiger partial charge in [-0.15, -0.1) is 13.2 Å². The van der Waals surface area contributed by atoms with Gasteiger partial charge in [-0.05, 0) is 62.8 Å². The second-order valence-corrected chi connectivity index (χ2v) is 12.7. The number of hydrogen-bond acceptors (Lipinski definition) is 6. The average Bonchev–Trinajstić information content (AvgIpc) is 3.62. The van der Waals surface area contributed by atoms with Crippen molar-refractivity contribution in [3.63, 3.8) is 0 Å². The van der Waals surface area contributed by atoms with Gasteiger partial charge in [0.05, 0.1) is 36.7 Å². The summed E-state index contributed by atoms with van der Waals surface area (Å²) in [5.74, 6) is -1.78. The van der Waals surface area contributed by atoms with Crippen molar-refractivity contribution in [3.8, 4) is 5.75 Å². The first-order chi connectivity index (χ1) is 21.1. The van der Waals surface area contributed by atoms with Crippen LogP contribution in [0.3, 0.4) is 0 Å². The smallest absolute Gasteiger partial charge is 0.248 e. The number of hydrogen-bond donors (Lipinski definition) is 1. The van der Waals surface area contributed by atoms with Crippen molar-refractivity contribution in [3.05, 3.63) is 49.6 Å². The van der Waals surface area contributed by atoms with Gasteiger partial charge in [-0.1, -0.05) is 46.3 Å². The molecule has 9 nitrogen and oxygen atoms in total. The van der Waals surface area contributed by atoms with E-state index in [1.54, 1.807) is 26.9 Å². The zero-order chi connectivity index (χ0) is 32.2. The summed E-state index contributed by atoms with van der Waals surface area (Å²) in [5, 5.41) is 10.6. The number of nitrogens with zero attached hydrogens (tertiary/aromatic N) is 3. The van der Waals surface area contributed by atoms with Gasteiger partial charge in [0, 0.05) is 25.3 Å². The van der Waals surface area contributed by atoms with Crippen molar-refractivity contribution < 1.29 is 29.0 Å². The van der Waals surface area contributed by atoms with Crippen LogP contribution in [0.25, 0.3) is 0 Å². The quantitative estimate of drug-likeness (QED) is 0.275. The predicted octanol–water partition coefficient (Wildman–Crippen LogP) is 4.59. The number of benzene rings is 1. The number of aliphatic hydroxyl groups excluding tert-OH is 1. The Morgan fingerprint density at radius 2 is 1.80 bits per heavy atom. The normalized spacial score (nSPS) is 27.8. The average molecular weight is 610 g/mol. The molecule has 242 valence electrons. The Morgan fingerprint density at radius 3 is 2.34 bits per heavy atom. The standard InChI is InChI=1S/C35H51N3O6/c1-8-13-22-36(20-9-2)33(42)30-35-19-18-34(11-4,44-35)28(29(35)32(41)38(30)27(23-39)24(6)7)31(40)37(21-10-3)25-14-16-26(17-15-25)43-12-5/h9-10,14-17,24,27-30,39H,2-3,8,11-13,18-23H2,1,4-7H3/t27-,28+,29-,30?,34-,35?/m0/s1. The van der Waals surface area contributed by atoms with Crippen molar-refractivity contribution >= 4 is 23.4 Å². The molecule has 0 aromatic heterocycles. The van der Waals surface area contributed by atoms with Crippen molar-refractivity contribution in [2.24, 2.45) is 17.8 Å². The van der Waals surface area contributed by atoms with Gasteiger partial charge >= 0.3 is 0 Å². The highest BCUT2D eigenvalue weighted by atomic mass is 16.5. The molecule has 4 rings (SSSR count). The summed E-state index contributed by atoms with van der Waals surface area (Å²) < 4.78 is 12.6. The van der Waals surface area contributed by atoms with Gasteiger partial charge in [-0.2, -0.15) is 0 Å². The fourth-order valence-corrected chi connectivity index (χ4v) is 7.77. The minimum Gasteiger partial charge on any atom is -0.494 e. The molecule has 2 bridgehead atoms. The van der Waals surface area contributed by atoms with Crippen LogP contribution in [0.1, 0.15) is 66.7 Å². The molecule has 2 unspecified atom stereocenters. The van der Waals surface area contributed by atoms with Crippen LogP contribution in [-0.4, -0.2) is 88.8 Å². The number of fused-ring (bicyclic) bond motifs is 1. The molecule has 3 amide bonds. The molecule has 3 saturated heterocycles. The van der Waals surface area contributed by atoms with Crippen molar-refractivity contribution in [2.75, 3.05) is 37.7 Å². The van der Waals surface area contributed by atoms with E-state index in [4.69, 9.17) is 9.47 Å². The van der Waals surface area contributed by atoms with Gasteiger partial charge < -0.3 is 29.3 Å². The minimum atomic E-state index is -1.17. The number of likely N-dealkylation sites (tertiary alicyclic amines) is 1. The van der Waals surface area contributed by atoms with E-state index in [-0.39, 0.29) is 36.8 Å². The van der Waals surface area contributed by atoms with Crippen LogP contribution in [0.15, 0.2) is 49.6 Å². The third-order valence-electron chi connectivity index (χ3n) is 9.91. The molecule has 0 aliphatic carbocycles. The lowest BCUT2D eigenvalue weighted by Gasteiger charge is -2.40. The lowest BCUT2D eigenvalue weighted by atomic mass is 9.64. The van der Waals surface area contributed by atoms with E-state index >= 15 is 0 Å². The van der Waals surface area contributed by atoms with E-state index in [0.29, 0.717) is 50.4 Å². The van der Waals surface area contributed by atoms with Gasteiger partial charge in [0.25, 0.3) is 0 Å². The molecule has 1 N–H and O–H groups in total. The van der Waals surface area contributed by atoms with Crippen LogP contribution in [-0.2, 0) is 19.1 Å². The summed E-state index contributed by atoms with van der Waals surface area (Å²) >= 11 is 0. The fourth-order valence-electron chi connectivity index (χ4n) is 7.77. The molecule has 1 aromatic carbocycles. The lowest BCUT2D eigenvalue weighted by molar-refractivity contribution is -0.157. The lowest BCUT2D eigenvalue weighted by Crippen LogP contribution is -2.59. The van der Waals surface area contributed by atoms with Crippen LogP contribution in [0.4, 0.5) is 5.69 Å². The van der Waals surface area contributed by atoms with E-state index in [2.05, 4.69) is 20.1 Å². The van der Waals surface area contributed by atoms with Gasteiger partial charge in [0.1, 0.15) is 17.4 Å². The summed E-state index contributed by atoms with van der Waals surface area (Å²) in [4.78, 5) is 49.1. The molecule has 0 saturated carbocycles. The molecule has 44 heavy (non-hydrogen) atoms. The number of ether oxygens (including phenoxy) is 2. The van der Waals surface area contributed by atoms with E-state index in [9.17, 15) is 19.5 Å². The highest BCUT2D eigenvalue weighted by Gasteiger charge is 2.79.